The molecule has 0 bridgehead atoms. The molecule has 0 fully saturated rings. The smallest absolute Gasteiger partial charge is 0.288 e. The molecule has 0 unspecified atom stereocenters. The van der Waals surface area contributed by atoms with Crippen LogP contribution in [0.3, 0.4) is 0 Å². The standard InChI is InChI=1S/C21H18F2O/c22-20(23,16-17-10-4-1-5-11-17)21(24,18-12-6-2-7-13-18)19-14-8-3-9-15-19/h1-15,24H,16H2. The molecule has 3 rings (SSSR count). The SMILES string of the molecule is OC(c1ccccc1)(c1ccccc1)C(F)(F)Cc1ccccc1. The Kier molecular flexibility index (Phi) is 4.45. The second-order valence-corrected chi connectivity index (χ2v) is 5.81. The molecule has 0 aromatic heterocycles. The highest BCUT2D eigenvalue weighted by molar-refractivity contribution is 5.39. The van der Waals surface area contributed by atoms with Crippen molar-refractivity contribution in [1.82, 2.24) is 0 Å². The number of hydrogen-bond acceptors (Lipinski definition) is 1. The van der Waals surface area contributed by atoms with Crippen LogP contribution < -0.4 is 0 Å². The van der Waals surface area contributed by atoms with Gasteiger partial charge in [0.25, 0.3) is 5.92 Å². The molecular formula is C21H18F2O. The molecule has 0 aliphatic rings. The Hall–Kier alpha value is -2.52. The Morgan fingerprint density at radius 3 is 1.42 bits per heavy atom. The normalized spacial score (nSPS) is 12.1. The summed E-state index contributed by atoms with van der Waals surface area (Å²) < 4.78 is 30.6. The first kappa shape index (κ1) is 16.3. The van der Waals surface area contributed by atoms with Gasteiger partial charge in [0.05, 0.1) is 0 Å². The zero-order valence-electron chi connectivity index (χ0n) is 13.1. The molecule has 0 saturated carbocycles. The fourth-order valence-corrected chi connectivity index (χ4v) is 2.93. The summed E-state index contributed by atoms with van der Waals surface area (Å²) in [5.74, 6) is -3.38. The van der Waals surface area contributed by atoms with Crippen LogP contribution in [-0.2, 0) is 12.0 Å². The van der Waals surface area contributed by atoms with Crippen LogP contribution in [0.1, 0.15) is 16.7 Å². The number of aliphatic hydroxyl groups is 1. The predicted octanol–water partition coefficient (Wildman–Crippen LogP) is 4.80. The molecule has 1 nitrogen and oxygen atoms in total. The summed E-state index contributed by atoms with van der Waals surface area (Å²) in [6.07, 6.45) is -0.547. The third-order valence-corrected chi connectivity index (χ3v) is 4.18. The fraction of sp³-hybridized carbons (Fsp3) is 0.143. The van der Waals surface area contributed by atoms with Gasteiger partial charge in [-0.25, -0.2) is 8.78 Å². The highest BCUT2D eigenvalue weighted by atomic mass is 19.3. The van der Waals surface area contributed by atoms with Crippen LogP contribution in [0, 0.1) is 0 Å². The predicted molar refractivity (Wildman–Crippen MR) is 91.0 cm³/mol. The first-order valence-electron chi connectivity index (χ1n) is 7.79. The summed E-state index contributed by atoms with van der Waals surface area (Å²) in [4.78, 5) is 0. The van der Waals surface area contributed by atoms with Crippen molar-refractivity contribution in [1.29, 1.82) is 0 Å². The van der Waals surface area contributed by atoms with E-state index < -0.39 is 17.9 Å². The monoisotopic (exact) mass is 324 g/mol. The molecule has 0 heterocycles. The third-order valence-electron chi connectivity index (χ3n) is 4.18. The fourth-order valence-electron chi connectivity index (χ4n) is 2.93. The van der Waals surface area contributed by atoms with Crippen molar-refractivity contribution >= 4 is 0 Å². The maximum Gasteiger partial charge on any atom is 0.288 e. The topological polar surface area (TPSA) is 20.2 Å². The van der Waals surface area contributed by atoms with E-state index in [9.17, 15) is 5.11 Å². The van der Waals surface area contributed by atoms with Crippen molar-refractivity contribution < 1.29 is 13.9 Å². The Morgan fingerprint density at radius 1 is 0.625 bits per heavy atom. The number of benzene rings is 3. The number of alkyl halides is 2. The summed E-state index contributed by atoms with van der Waals surface area (Å²) in [5.41, 5.74) is -1.56. The molecule has 1 N–H and O–H groups in total. The lowest BCUT2D eigenvalue weighted by atomic mass is 9.78. The molecule has 3 aromatic rings. The molecule has 3 aromatic carbocycles. The van der Waals surface area contributed by atoms with Crippen molar-refractivity contribution in [2.24, 2.45) is 0 Å². The van der Waals surface area contributed by atoms with Gasteiger partial charge in [0.1, 0.15) is 0 Å². The summed E-state index contributed by atoms with van der Waals surface area (Å²) in [7, 11) is 0. The highest BCUT2D eigenvalue weighted by Gasteiger charge is 2.54. The number of hydrogen-bond donors (Lipinski definition) is 1. The van der Waals surface area contributed by atoms with Gasteiger partial charge in [0.2, 0.25) is 0 Å². The van der Waals surface area contributed by atoms with E-state index in [0.29, 0.717) is 5.56 Å². The van der Waals surface area contributed by atoms with E-state index in [1.165, 1.54) is 24.3 Å². The first-order valence-corrected chi connectivity index (χ1v) is 7.79. The minimum absolute atomic E-state index is 0.178. The van der Waals surface area contributed by atoms with Gasteiger partial charge in [0, 0.05) is 6.42 Å². The number of rotatable bonds is 5. The van der Waals surface area contributed by atoms with Crippen LogP contribution in [-0.4, -0.2) is 11.0 Å². The molecule has 0 spiro atoms. The molecule has 0 saturated heterocycles. The molecule has 0 atom stereocenters. The molecule has 0 aliphatic heterocycles. The maximum atomic E-state index is 15.3. The van der Waals surface area contributed by atoms with E-state index in [-0.39, 0.29) is 11.1 Å². The minimum Gasteiger partial charge on any atom is -0.374 e. The zero-order valence-corrected chi connectivity index (χ0v) is 13.1. The second kappa shape index (κ2) is 6.54. The van der Waals surface area contributed by atoms with E-state index in [4.69, 9.17) is 0 Å². The van der Waals surface area contributed by atoms with Crippen LogP contribution in [0.4, 0.5) is 8.78 Å². The Labute approximate surface area is 140 Å². The van der Waals surface area contributed by atoms with Crippen molar-refractivity contribution in [3.05, 3.63) is 108 Å². The Morgan fingerprint density at radius 2 is 1.00 bits per heavy atom. The molecule has 122 valence electrons. The van der Waals surface area contributed by atoms with Crippen molar-refractivity contribution in [2.75, 3.05) is 0 Å². The molecular weight excluding hydrogens is 306 g/mol. The van der Waals surface area contributed by atoms with E-state index in [2.05, 4.69) is 0 Å². The lowest BCUT2D eigenvalue weighted by Gasteiger charge is -2.37. The average molecular weight is 324 g/mol. The van der Waals surface area contributed by atoms with Crippen LogP contribution in [0.15, 0.2) is 91.0 Å². The van der Waals surface area contributed by atoms with E-state index in [1.54, 1.807) is 66.7 Å². The van der Waals surface area contributed by atoms with Gasteiger partial charge in [-0.05, 0) is 16.7 Å². The molecule has 0 amide bonds. The van der Waals surface area contributed by atoms with E-state index >= 15 is 8.78 Å². The summed E-state index contributed by atoms with van der Waals surface area (Å²) in [5, 5.41) is 11.2. The van der Waals surface area contributed by atoms with Crippen molar-refractivity contribution in [2.45, 2.75) is 17.9 Å². The summed E-state index contributed by atoms with van der Waals surface area (Å²) in [6.45, 7) is 0. The van der Waals surface area contributed by atoms with E-state index in [1.807, 2.05) is 0 Å². The molecule has 24 heavy (non-hydrogen) atoms. The van der Waals surface area contributed by atoms with Gasteiger partial charge in [0.15, 0.2) is 5.60 Å². The minimum atomic E-state index is -3.38. The summed E-state index contributed by atoms with van der Waals surface area (Å²) in [6, 6.07) is 24.7. The quantitative estimate of drug-likeness (QED) is 0.715. The summed E-state index contributed by atoms with van der Waals surface area (Å²) >= 11 is 0. The van der Waals surface area contributed by atoms with Gasteiger partial charge >= 0.3 is 0 Å². The Balaban J connectivity index is 2.11. The van der Waals surface area contributed by atoms with Gasteiger partial charge in [-0.15, -0.1) is 0 Å². The van der Waals surface area contributed by atoms with Crippen LogP contribution in [0.2, 0.25) is 0 Å². The van der Waals surface area contributed by atoms with Gasteiger partial charge in [-0.2, -0.15) is 0 Å². The van der Waals surface area contributed by atoms with Crippen LogP contribution in [0.5, 0.6) is 0 Å². The van der Waals surface area contributed by atoms with Gasteiger partial charge in [-0.3, -0.25) is 0 Å². The Bertz CT molecular complexity index is 731. The molecule has 0 aliphatic carbocycles. The van der Waals surface area contributed by atoms with Gasteiger partial charge < -0.3 is 5.11 Å². The zero-order chi connectivity index (χ0) is 17.0. The number of halogens is 2. The maximum absolute atomic E-state index is 15.3. The molecule has 3 heteroatoms. The first-order chi connectivity index (χ1) is 11.5. The third kappa shape index (κ3) is 2.95. The lowest BCUT2D eigenvalue weighted by molar-refractivity contribution is -0.163. The average Bonchev–Trinajstić information content (AvgIpc) is 2.63. The van der Waals surface area contributed by atoms with Crippen molar-refractivity contribution in [3.8, 4) is 0 Å². The van der Waals surface area contributed by atoms with Crippen LogP contribution >= 0.6 is 0 Å². The van der Waals surface area contributed by atoms with Crippen molar-refractivity contribution in [3.63, 3.8) is 0 Å². The highest BCUT2D eigenvalue weighted by Crippen LogP contribution is 2.44. The second-order valence-electron chi connectivity index (χ2n) is 5.81. The largest absolute Gasteiger partial charge is 0.374 e. The van der Waals surface area contributed by atoms with Gasteiger partial charge in [-0.1, -0.05) is 91.0 Å². The van der Waals surface area contributed by atoms with E-state index in [0.717, 1.165) is 0 Å². The lowest BCUT2D eigenvalue weighted by Crippen LogP contribution is -2.47. The van der Waals surface area contributed by atoms with Crippen LogP contribution in [0.25, 0.3) is 0 Å². The molecule has 0 radical (unpaired) electrons.